The summed E-state index contributed by atoms with van der Waals surface area (Å²) in [5.74, 6) is 0.796. The summed E-state index contributed by atoms with van der Waals surface area (Å²) in [7, 11) is 0. The first-order chi connectivity index (χ1) is 15.1. The van der Waals surface area contributed by atoms with Crippen molar-refractivity contribution in [3.8, 4) is 5.75 Å². The van der Waals surface area contributed by atoms with Gasteiger partial charge in [0, 0.05) is 37.7 Å². The average Bonchev–Trinajstić information content (AvgIpc) is 3.33. The normalized spacial score (nSPS) is 18.8. The molecule has 31 heavy (non-hydrogen) atoms. The van der Waals surface area contributed by atoms with Crippen LogP contribution in [0.25, 0.3) is 0 Å². The van der Waals surface area contributed by atoms with Crippen LogP contribution in [0.2, 0.25) is 0 Å². The molecule has 0 saturated carbocycles. The lowest BCUT2D eigenvalue weighted by atomic mass is 9.98. The smallest absolute Gasteiger partial charge is 0.253 e. The second-order valence-electron chi connectivity index (χ2n) is 8.49. The van der Waals surface area contributed by atoms with E-state index in [4.69, 9.17) is 4.74 Å². The zero-order chi connectivity index (χ0) is 21.6. The first kappa shape index (κ1) is 21.3. The van der Waals surface area contributed by atoms with E-state index in [1.165, 1.54) is 12.1 Å². The molecule has 2 saturated heterocycles. The van der Waals surface area contributed by atoms with Gasteiger partial charge >= 0.3 is 0 Å². The van der Waals surface area contributed by atoms with E-state index < -0.39 is 0 Å². The van der Waals surface area contributed by atoms with E-state index in [0.29, 0.717) is 24.3 Å². The third kappa shape index (κ3) is 5.63. The minimum atomic E-state index is -0.316. The summed E-state index contributed by atoms with van der Waals surface area (Å²) in [6.45, 7) is 3.60. The summed E-state index contributed by atoms with van der Waals surface area (Å²) in [6, 6.07) is 13.6. The maximum atomic E-state index is 13.4. The van der Waals surface area contributed by atoms with Crippen LogP contribution in [-0.2, 0) is 11.2 Å². The second kappa shape index (κ2) is 9.94. The molecule has 4 rings (SSSR count). The number of carbonyl (C=O) groups excluding carboxylic acids is 2. The van der Waals surface area contributed by atoms with Crippen molar-refractivity contribution < 1.29 is 18.7 Å². The fraction of sp³-hybridized carbons (Fsp3) is 0.440. The van der Waals surface area contributed by atoms with Crippen LogP contribution in [0, 0.1) is 11.7 Å². The molecule has 0 aliphatic carbocycles. The quantitative estimate of drug-likeness (QED) is 0.706. The van der Waals surface area contributed by atoms with Gasteiger partial charge in [-0.3, -0.25) is 9.59 Å². The van der Waals surface area contributed by atoms with Crippen LogP contribution in [0.15, 0.2) is 48.5 Å². The third-order valence-corrected chi connectivity index (χ3v) is 6.10. The van der Waals surface area contributed by atoms with Gasteiger partial charge in [-0.25, -0.2) is 4.39 Å². The molecule has 0 aromatic heterocycles. The van der Waals surface area contributed by atoms with Gasteiger partial charge in [-0.1, -0.05) is 12.1 Å². The van der Waals surface area contributed by atoms with Gasteiger partial charge in [0.1, 0.15) is 11.6 Å². The van der Waals surface area contributed by atoms with E-state index >= 15 is 0 Å². The van der Waals surface area contributed by atoms with Gasteiger partial charge in [0.25, 0.3) is 5.91 Å². The number of likely N-dealkylation sites (tertiary alicyclic amines) is 2. The van der Waals surface area contributed by atoms with Crippen molar-refractivity contribution >= 4 is 11.8 Å². The molecule has 0 radical (unpaired) electrons. The maximum Gasteiger partial charge on any atom is 0.253 e. The molecule has 1 atom stereocenters. The van der Waals surface area contributed by atoms with E-state index in [0.717, 1.165) is 51.1 Å². The lowest BCUT2D eigenvalue weighted by molar-refractivity contribution is -0.132. The topological polar surface area (TPSA) is 49.9 Å². The van der Waals surface area contributed by atoms with Crippen molar-refractivity contribution in [2.75, 3.05) is 32.8 Å². The maximum absolute atomic E-state index is 13.4. The molecule has 0 bridgehead atoms. The Morgan fingerprint density at radius 1 is 0.968 bits per heavy atom. The van der Waals surface area contributed by atoms with Gasteiger partial charge in [-0.05, 0) is 67.6 Å². The van der Waals surface area contributed by atoms with Gasteiger partial charge < -0.3 is 14.5 Å². The Kier molecular flexibility index (Phi) is 6.85. The summed E-state index contributed by atoms with van der Waals surface area (Å²) in [6.07, 6.45) is 4.32. The lowest BCUT2D eigenvalue weighted by Gasteiger charge is -2.32. The first-order valence-electron chi connectivity index (χ1n) is 11.1. The lowest BCUT2D eigenvalue weighted by Crippen LogP contribution is -2.42. The Labute approximate surface area is 182 Å². The molecule has 5 nitrogen and oxygen atoms in total. The van der Waals surface area contributed by atoms with Gasteiger partial charge in [0.2, 0.25) is 5.91 Å². The van der Waals surface area contributed by atoms with Crippen molar-refractivity contribution in [3.63, 3.8) is 0 Å². The van der Waals surface area contributed by atoms with Crippen molar-refractivity contribution in [1.82, 2.24) is 9.80 Å². The number of rotatable bonds is 6. The van der Waals surface area contributed by atoms with Gasteiger partial charge in [0.15, 0.2) is 0 Å². The zero-order valence-corrected chi connectivity index (χ0v) is 17.8. The molecule has 2 fully saturated rings. The number of amides is 2. The third-order valence-electron chi connectivity index (χ3n) is 6.10. The SMILES string of the molecule is O=C(Cc1cccc(F)c1)N1CCCC(COc2ccc(C(=O)N3CCCC3)cc2)C1. The van der Waals surface area contributed by atoms with Crippen molar-refractivity contribution in [2.24, 2.45) is 5.92 Å². The van der Waals surface area contributed by atoms with Crippen LogP contribution < -0.4 is 4.74 Å². The molecule has 2 aliphatic rings. The van der Waals surface area contributed by atoms with Crippen LogP contribution in [0.1, 0.15) is 41.6 Å². The minimum absolute atomic E-state index is 0.0279. The molecule has 1 unspecified atom stereocenters. The molecule has 164 valence electrons. The van der Waals surface area contributed by atoms with Crippen LogP contribution in [0.4, 0.5) is 4.39 Å². The summed E-state index contributed by atoms with van der Waals surface area (Å²) < 4.78 is 19.3. The standard InChI is InChI=1S/C25H29FN2O3/c26-22-7-3-5-19(15-22)16-24(29)28-14-4-6-20(17-28)18-31-23-10-8-21(9-11-23)25(30)27-12-1-2-13-27/h3,5,7-11,15,20H,1-2,4,6,12-14,16-18H2. The van der Waals surface area contributed by atoms with Gasteiger partial charge in [-0.2, -0.15) is 0 Å². The monoisotopic (exact) mass is 424 g/mol. The highest BCUT2D eigenvalue weighted by atomic mass is 19.1. The minimum Gasteiger partial charge on any atom is -0.493 e. The number of hydrogen-bond acceptors (Lipinski definition) is 3. The summed E-state index contributed by atoms with van der Waals surface area (Å²) >= 11 is 0. The summed E-state index contributed by atoms with van der Waals surface area (Å²) in [5, 5.41) is 0. The Morgan fingerprint density at radius 2 is 1.71 bits per heavy atom. The number of benzene rings is 2. The number of hydrogen-bond donors (Lipinski definition) is 0. The van der Waals surface area contributed by atoms with Crippen LogP contribution in [0.3, 0.4) is 0 Å². The number of piperidine rings is 1. The molecular weight excluding hydrogens is 395 g/mol. The molecule has 6 heteroatoms. The molecule has 2 aliphatic heterocycles. The Bertz CT molecular complexity index is 909. The second-order valence-corrected chi connectivity index (χ2v) is 8.49. The average molecular weight is 425 g/mol. The van der Waals surface area contributed by atoms with Gasteiger partial charge in [0.05, 0.1) is 13.0 Å². The van der Waals surface area contributed by atoms with E-state index in [2.05, 4.69) is 0 Å². The van der Waals surface area contributed by atoms with Crippen molar-refractivity contribution in [2.45, 2.75) is 32.1 Å². The van der Waals surface area contributed by atoms with Crippen LogP contribution >= 0.6 is 0 Å². The van der Waals surface area contributed by atoms with Gasteiger partial charge in [-0.15, -0.1) is 0 Å². The summed E-state index contributed by atoms with van der Waals surface area (Å²) in [5.41, 5.74) is 1.40. The fourth-order valence-corrected chi connectivity index (χ4v) is 4.37. The van der Waals surface area contributed by atoms with Crippen molar-refractivity contribution in [3.05, 3.63) is 65.5 Å². The molecule has 2 aromatic carbocycles. The van der Waals surface area contributed by atoms with E-state index in [1.54, 1.807) is 12.1 Å². The first-order valence-corrected chi connectivity index (χ1v) is 11.1. The highest BCUT2D eigenvalue weighted by Gasteiger charge is 2.24. The predicted octanol–water partition coefficient (Wildman–Crippen LogP) is 3.92. The molecule has 0 spiro atoms. The Hall–Kier alpha value is -2.89. The zero-order valence-electron chi connectivity index (χ0n) is 17.8. The number of nitrogens with zero attached hydrogens (tertiary/aromatic N) is 2. The van der Waals surface area contributed by atoms with E-state index in [1.807, 2.05) is 34.1 Å². The van der Waals surface area contributed by atoms with Crippen molar-refractivity contribution in [1.29, 1.82) is 0 Å². The molecule has 2 heterocycles. The highest BCUT2D eigenvalue weighted by Crippen LogP contribution is 2.21. The Balaban J connectivity index is 1.26. The van der Waals surface area contributed by atoms with Crippen LogP contribution in [0.5, 0.6) is 5.75 Å². The molecule has 2 amide bonds. The largest absolute Gasteiger partial charge is 0.493 e. The summed E-state index contributed by atoms with van der Waals surface area (Å²) in [4.78, 5) is 28.8. The molecular formula is C25H29FN2O3. The number of ether oxygens (including phenoxy) is 1. The predicted molar refractivity (Wildman–Crippen MR) is 116 cm³/mol. The highest BCUT2D eigenvalue weighted by molar-refractivity contribution is 5.94. The number of carbonyl (C=O) groups is 2. The molecule has 0 N–H and O–H groups in total. The molecule has 2 aromatic rings. The number of halogens is 1. The van der Waals surface area contributed by atoms with E-state index in [-0.39, 0.29) is 30.0 Å². The fourth-order valence-electron chi connectivity index (χ4n) is 4.37. The van der Waals surface area contributed by atoms with E-state index in [9.17, 15) is 14.0 Å². The Morgan fingerprint density at radius 3 is 2.45 bits per heavy atom. The van der Waals surface area contributed by atoms with Crippen LogP contribution in [-0.4, -0.2) is 54.4 Å².